The Hall–Kier alpha value is -2.23. The number of benzene rings is 1. The molecule has 4 nitrogen and oxygen atoms in total. The van der Waals surface area contributed by atoms with Gasteiger partial charge in [-0.05, 0) is 30.3 Å². The van der Waals surface area contributed by atoms with Gasteiger partial charge in [0.25, 0.3) is 0 Å². The normalized spacial score (nSPS) is 14.4. The molecule has 0 saturated carbocycles. The maximum absolute atomic E-state index is 10.7. The van der Waals surface area contributed by atoms with Gasteiger partial charge in [-0.25, -0.2) is 4.79 Å². The van der Waals surface area contributed by atoms with Crippen molar-refractivity contribution in [1.82, 2.24) is 0 Å². The van der Waals surface area contributed by atoms with Crippen LogP contribution >= 0.6 is 0 Å². The van der Waals surface area contributed by atoms with Gasteiger partial charge in [0.05, 0.1) is 11.8 Å². The lowest BCUT2D eigenvalue weighted by molar-refractivity contribution is 0.0697. The number of carbonyl (C=O) groups is 1. The summed E-state index contributed by atoms with van der Waals surface area (Å²) in [4.78, 5) is 12.5. The number of hydrogen-bond acceptors (Lipinski definition) is 3. The van der Waals surface area contributed by atoms with Gasteiger partial charge in [-0.2, -0.15) is 0 Å². The highest BCUT2D eigenvalue weighted by Gasteiger charge is 2.04. The quantitative estimate of drug-likeness (QED) is 0.825. The van der Waals surface area contributed by atoms with Crippen molar-refractivity contribution in [3.05, 3.63) is 54.6 Å². The number of nitrogens with zero attached hydrogens (tertiary/aromatic N) is 1. The topological polar surface area (TPSA) is 49.8 Å². The third kappa shape index (κ3) is 2.23. The molecule has 0 aliphatic carbocycles. The standard InChI is InChI=1S/C12H11NO3/c14-12(15)10-2-4-11(5-3-10)13-6-1-8-16-9-7-13/h1-7,9H,8H2,(H,14,15). The predicted octanol–water partition coefficient (Wildman–Crippen LogP) is 2.21. The van der Waals surface area contributed by atoms with Gasteiger partial charge in [0, 0.05) is 18.1 Å². The molecule has 0 radical (unpaired) electrons. The van der Waals surface area contributed by atoms with Crippen LogP contribution in [0.25, 0.3) is 0 Å². The van der Waals surface area contributed by atoms with Crippen molar-refractivity contribution in [3.8, 4) is 0 Å². The average Bonchev–Trinajstić information content (AvgIpc) is 2.57. The summed E-state index contributed by atoms with van der Waals surface area (Å²) in [5.41, 5.74) is 1.17. The number of hydrogen-bond donors (Lipinski definition) is 1. The number of aromatic carboxylic acids is 1. The van der Waals surface area contributed by atoms with Crippen LogP contribution < -0.4 is 4.90 Å². The van der Waals surface area contributed by atoms with E-state index in [0.717, 1.165) is 5.69 Å². The van der Waals surface area contributed by atoms with Crippen LogP contribution in [0.15, 0.2) is 49.0 Å². The van der Waals surface area contributed by atoms with Crippen LogP contribution in [0.1, 0.15) is 10.4 Å². The Morgan fingerprint density at radius 2 is 2.00 bits per heavy atom. The van der Waals surface area contributed by atoms with Gasteiger partial charge >= 0.3 is 5.97 Å². The van der Waals surface area contributed by atoms with Crippen LogP contribution in [0, 0.1) is 0 Å². The molecule has 0 unspecified atom stereocenters. The molecule has 16 heavy (non-hydrogen) atoms. The first kappa shape index (κ1) is 10.3. The van der Waals surface area contributed by atoms with Gasteiger partial charge in [-0.1, -0.05) is 0 Å². The first-order chi connectivity index (χ1) is 7.77. The number of carboxylic acid groups (broad SMARTS) is 1. The summed E-state index contributed by atoms with van der Waals surface area (Å²) in [6.45, 7) is 0.542. The monoisotopic (exact) mass is 217 g/mol. The Labute approximate surface area is 93.1 Å². The molecule has 1 aliphatic rings. The molecule has 1 heterocycles. The minimum absolute atomic E-state index is 0.280. The number of carboxylic acids is 1. The van der Waals surface area contributed by atoms with Crippen molar-refractivity contribution in [2.45, 2.75) is 0 Å². The van der Waals surface area contributed by atoms with Gasteiger partial charge in [-0.3, -0.25) is 0 Å². The molecule has 1 N–H and O–H groups in total. The number of anilines is 1. The van der Waals surface area contributed by atoms with Crippen LogP contribution in [0.3, 0.4) is 0 Å². The summed E-state index contributed by atoms with van der Waals surface area (Å²) in [7, 11) is 0. The van der Waals surface area contributed by atoms with Crippen molar-refractivity contribution < 1.29 is 14.6 Å². The number of ether oxygens (including phenoxy) is 1. The lowest BCUT2D eigenvalue weighted by atomic mass is 10.2. The molecule has 0 saturated heterocycles. The van der Waals surface area contributed by atoms with E-state index in [2.05, 4.69) is 0 Å². The molecular weight excluding hydrogens is 206 g/mol. The summed E-state index contributed by atoms with van der Waals surface area (Å²) >= 11 is 0. The van der Waals surface area contributed by atoms with Crippen LogP contribution in [0.5, 0.6) is 0 Å². The summed E-state index contributed by atoms with van der Waals surface area (Å²) in [6, 6.07) is 6.66. The Kier molecular flexibility index (Phi) is 2.91. The van der Waals surface area contributed by atoms with Gasteiger partial charge in [-0.15, -0.1) is 0 Å². The fourth-order valence-electron chi connectivity index (χ4n) is 1.37. The van der Waals surface area contributed by atoms with Crippen molar-refractivity contribution in [2.75, 3.05) is 11.5 Å². The highest BCUT2D eigenvalue weighted by atomic mass is 16.5. The van der Waals surface area contributed by atoms with Crippen LogP contribution in [0.2, 0.25) is 0 Å². The van der Waals surface area contributed by atoms with Crippen LogP contribution in [-0.4, -0.2) is 17.7 Å². The molecule has 0 amide bonds. The fourth-order valence-corrected chi connectivity index (χ4v) is 1.37. The van der Waals surface area contributed by atoms with Crippen molar-refractivity contribution in [3.63, 3.8) is 0 Å². The largest absolute Gasteiger partial charge is 0.496 e. The third-order valence-corrected chi connectivity index (χ3v) is 2.19. The number of rotatable bonds is 2. The minimum atomic E-state index is -0.920. The summed E-state index contributed by atoms with van der Waals surface area (Å²) < 4.78 is 5.11. The van der Waals surface area contributed by atoms with E-state index in [9.17, 15) is 4.79 Å². The molecule has 82 valence electrons. The Balaban J connectivity index is 2.23. The van der Waals surface area contributed by atoms with Crippen molar-refractivity contribution in [1.29, 1.82) is 0 Å². The predicted molar refractivity (Wildman–Crippen MR) is 60.1 cm³/mol. The van der Waals surface area contributed by atoms with Crippen molar-refractivity contribution >= 4 is 11.7 Å². The molecule has 2 rings (SSSR count). The molecule has 1 aromatic rings. The summed E-state index contributed by atoms with van der Waals surface area (Å²) in [5, 5.41) is 8.77. The smallest absolute Gasteiger partial charge is 0.335 e. The van der Waals surface area contributed by atoms with Crippen LogP contribution in [0.4, 0.5) is 5.69 Å². The maximum atomic E-state index is 10.7. The lowest BCUT2D eigenvalue weighted by Gasteiger charge is -2.13. The second kappa shape index (κ2) is 4.53. The van der Waals surface area contributed by atoms with E-state index in [1.165, 1.54) is 0 Å². The first-order valence-corrected chi connectivity index (χ1v) is 4.84. The highest BCUT2D eigenvalue weighted by Crippen LogP contribution is 2.17. The Morgan fingerprint density at radius 3 is 2.69 bits per heavy atom. The zero-order valence-corrected chi connectivity index (χ0v) is 8.54. The molecule has 0 fully saturated rings. The molecule has 0 spiro atoms. The van der Waals surface area contributed by atoms with E-state index in [-0.39, 0.29) is 5.56 Å². The SMILES string of the molecule is O=C(O)c1ccc(N2C=CCOC=C2)cc1. The van der Waals surface area contributed by atoms with E-state index >= 15 is 0 Å². The molecule has 1 aromatic carbocycles. The van der Waals surface area contributed by atoms with E-state index in [1.807, 2.05) is 17.2 Å². The molecule has 1 aliphatic heterocycles. The van der Waals surface area contributed by atoms with Crippen molar-refractivity contribution in [2.24, 2.45) is 0 Å². The zero-order valence-electron chi connectivity index (χ0n) is 8.54. The van der Waals surface area contributed by atoms with E-state index in [1.54, 1.807) is 36.7 Å². The molecule has 4 heteroatoms. The second-order valence-electron chi connectivity index (χ2n) is 3.26. The fraction of sp³-hybridized carbons (Fsp3) is 0.0833. The Bertz CT molecular complexity index is 420. The first-order valence-electron chi connectivity index (χ1n) is 4.84. The van der Waals surface area contributed by atoms with Gasteiger partial charge < -0.3 is 14.7 Å². The maximum Gasteiger partial charge on any atom is 0.335 e. The average molecular weight is 217 g/mol. The van der Waals surface area contributed by atoms with Gasteiger partial charge in [0.1, 0.15) is 6.61 Å². The molecule has 0 bridgehead atoms. The van der Waals surface area contributed by atoms with Gasteiger partial charge in [0.2, 0.25) is 0 Å². The van der Waals surface area contributed by atoms with Gasteiger partial charge in [0.15, 0.2) is 0 Å². The second-order valence-corrected chi connectivity index (χ2v) is 3.26. The molecule has 0 aromatic heterocycles. The van der Waals surface area contributed by atoms with E-state index in [0.29, 0.717) is 6.61 Å². The van der Waals surface area contributed by atoms with E-state index < -0.39 is 5.97 Å². The zero-order chi connectivity index (χ0) is 11.4. The minimum Gasteiger partial charge on any atom is -0.496 e. The third-order valence-electron chi connectivity index (χ3n) is 2.19. The summed E-state index contributed by atoms with van der Waals surface area (Å²) in [6.07, 6.45) is 7.13. The Morgan fingerprint density at radius 1 is 1.25 bits per heavy atom. The van der Waals surface area contributed by atoms with Crippen LogP contribution in [-0.2, 0) is 4.74 Å². The molecular formula is C12H11NO3. The lowest BCUT2D eigenvalue weighted by Crippen LogP contribution is -2.06. The summed E-state index contributed by atoms with van der Waals surface area (Å²) in [5.74, 6) is -0.920. The molecule has 0 atom stereocenters. The van der Waals surface area contributed by atoms with E-state index in [4.69, 9.17) is 9.84 Å². The highest BCUT2D eigenvalue weighted by molar-refractivity contribution is 5.88.